The van der Waals surface area contributed by atoms with Gasteiger partial charge in [-0.1, -0.05) is 12.1 Å². The molecular formula is C17H23FN2S. The lowest BCUT2D eigenvalue weighted by atomic mass is 9.98. The van der Waals surface area contributed by atoms with Crippen molar-refractivity contribution in [1.82, 2.24) is 4.90 Å². The second-order valence-corrected chi connectivity index (χ2v) is 6.58. The molecule has 2 rings (SSSR count). The van der Waals surface area contributed by atoms with Gasteiger partial charge in [-0.3, -0.25) is 4.90 Å². The van der Waals surface area contributed by atoms with Crippen molar-refractivity contribution in [2.75, 3.05) is 13.6 Å². The molecule has 2 atom stereocenters. The van der Waals surface area contributed by atoms with Gasteiger partial charge in [0.2, 0.25) is 0 Å². The average molecular weight is 306 g/mol. The van der Waals surface area contributed by atoms with Crippen LogP contribution < -0.4 is 5.73 Å². The van der Waals surface area contributed by atoms with Crippen LogP contribution in [0.4, 0.5) is 4.39 Å². The molecule has 0 aliphatic heterocycles. The summed E-state index contributed by atoms with van der Waals surface area (Å²) in [5.74, 6) is -0.193. The zero-order valence-corrected chi connectivity index (χ0v) is 13.7. The summed E-state index contributed by atoms with van der Waals surface area (Å²) in [5.41, 5.74) is 8.06. The second kappa shape index (κ2) is 7.16. The third-order valence-electron chi connectivity index (χ3n) is 4.08. The lowest BCUT2D eigenvalue weighted by molar-refractivity contribution is 0.188. The van der Waals surface area contributed by atoms with Crippen molar-refractivity contribution >= 4 is 11.3 Å². The van der Waals surface area contributed by atoms with E-state index in [0.717, 1.165) is 17.5 Å². The third-order valence-corrected chi connectivity index (χ3v) is 4.98. The molecule has 2 N–H and O–H groups in total. The Balaban J connectivity index is 2.15. The van der Waals surface area contributed by atoms with E-state index in [9.17, 15) is 4.39 Å². The monoisotopic (exact) mass is 306 g/mol. The summed E-state index contributed by atoms with van der Waals surface area (Å²) in [5, 5.41) is 2.10. The number of hydrogen-bond donors (Lipinski definition) is 1. The Morgan fingerprint density at radius 1 is 1.33 bits per heavy atom. The molecule has 0 fully saturated rings. The van der Waals surface area contributed by atoms with E-state index in [-0.39, 0.29) is 11.9 Å². The van der Waals surface area contributed by atoms with Gasteiger partial charge in [0, 0.05) is 23.5 Å². The number of likely N-dealkylation sites (N-methyl/N-ethyl adjacent to an activating group) is 1. The van der Waals surface area contributed by atoms with Crippen molar-refractivity contribution in [3.63, 3.8) is 0 Å². The molecule has 0 bridgehead atoms. The molecule has 0 saturated carbocycles. The summed E-state index contributed by atoms with van der Waals surface area (Å²) in [4.78, 5) is 3.67. The molecule has 0 saturated heterocycles. The molecule has 0 amide bonds. The van der Waals surface area contributed by atoms with E-state index in [1.165, 1.54) is 10.9 Å². The van der Waals surface area contributed by atoms with Gasteiger partial charge < -0.3 is 5.73 Å². The first-order valence-corrected chi connectivity index (χ1v) is 8.11. The molecule has 2 aromatic rings. The number of hydrogen-bond acceptors (Lipinski definition) is 3. The number of halogens is 1. The van der Waals surface area contributed by atoms with Crippen molar-refractivity contribution < 1.29 is 4.39 Å². The lowest BCUT2D eigenvalue weighted by Gasteiger charge is -2.33. The van der Waals surface area contributed by atoms with Crippen LogP contribution >= 0.6 is 11.3 Å². The number of benzene rings is 1. The van der Waals surface area contributed by atoms with Gasteiger partial charge in [0.15, 0.2) is 0 Å². The standard InChI is InChI=1S/C17H23FN2S/c1-12-9-14(18)6-7-16(12)17(11-19)20(3)13(2)10-15-5-4-8-21-15/h4-9,13,17H,10-11,19H2,1-3H3. The van der Waals surface area contributed by atoms with E-state index in [1.54, 1.807) is 17.4 Å². The lowest BCUT2D eigenvalue weighted by Crippen LogP contribution is -2.38. The highest BCUT2D eigenvalue weighted by atomic mass is 32.1. The van der Waals surface area contributed by atoms with Crippen LogP contribution in [0.3, 0.4) is 0 Å². The maximum absolute atomic E-state index is 13.3. The third kappa shape index (κ3) is 3.90. The van der Waals surface area contributed by atoms with Gasteiger partial charge in [-0.05, 0) is 62.0 Å². The molecule has 21 heavy (non-hydrogen) atoms. The molecule has 0 aliphatic carbocycles. The minimum absolute atomic E-state index is 0.112. The Bertz CT molecular complexity index is 568. The average Bonchev–Trinajstić information content (AvgIpc) is 2.94. The molecule has 1 heterocycles. The van der Waals surface area contributed by atoms with Gasteiger partial charge >= 0.3 is 0 Å². The first-order valence-electron chi connectivity index (χ1n) is 7.23. The van der Waals surface area contributed by atoms with Gasteiger partial charge in [0.05, 0.1) is 0 Å². The Labute approximate surface area is 130 Å². The fraction of sp³-hybridized carbons (Fsp3) is 0.412. The molecule has 2 unspecified atom stereocenters. The summed E-state index contributed by atoms with van der Waals surface area (Å²) in [6.45, 7) is 4.68. The summed E-state index contributed by atoms with van der Waals surface area (Å²) >= 11 is 1.78. The molecule has 2 nitrogen and oxygen atoms in total. The Hall–Kier alpha value is -1.23. The Morgan fingerprint density at radius 2 is 2.10 bits per heavy atom. The van der Waals surface area contributed by atoms with E-state index in [0.29, 0.717) is 12.6 Å². The summed E-state index contributed by atoms with van der Waals surface area (Å²) < 4.78 is 13.3. The van der Waals surface area contributed by atoms with Crippen molar-refractivity contribution in [2.45, 2.75) is 32.4 Å². The van der Waals surface area contributed by atoms with Gasteiger partial charge in [-0.15, -0.1) is 11.3 Å². The Kier molecular flexibility index (Phi) is 5.51. The van der Waals surface area contributed by atoms with Crippen molar-refractivity contribution in [2.24, 2.45) is 5.73 Å². The fourth-order valence-electron chi connectivity index (χ4n) is 2.70. The minimum Gasteiger partial charge on any atom is -0.329 e. The van der Waals surface area contributed by atoms with E-state index in [1.807, 2.05) is 13.0 Å². The van der Waals surface area contributed by atoms with Crippen LogP contribution in [-0.4, -0.2) is 24.5 Å². The molecule has 0 spiro atoms. The maximum atomic E-state index is 13.3. The van der Waals surface area contributed by atoms with Gasteiger partial charge in [0.1, 0.15) is 5.82 Å². The van der Waals surface area contributed by atoms with Gasteiger partial charge in [-0.25, -0.2) is 4.39 Å². The second-order valence-electron chi connectivity index (χ2n) is 5.55. The number of thiophene rings is 1. The SMILES string of the molecule is Cc1cc(F)ccc1C(CN)N(C)C(C)Cc1cccs1. The molecule has 1 aromatic heterocycles. The normalized spacial score (nSPS) is 14.4. The number of aryl methyl sites for hydroxylation is 1. The van der Waals surface area contributed by atoms with Crippen LogP contribution in [0.15, 0.2) is 35.7 Å². The van der Waals surface area contributed by atoms with Gasteiger partial charge in [-0.2, -0.15) is 0 Å². The molecule has 0 aliphatic rings. The molecule has 4 heteroatoms. The summed E-state index contributed by atoms with van der Waals surface area (Å²) in [7, 11) is 2.10. The summed E-state index contributed by atoms with van der Waals surface area (Å²) in [6, 6.07) is 9.68. The zero-order valence-electron chi connectivity index (χ0n) is 12.8. The predicted molar refractivity (Wildman–Crippen MR) is 88.2 cm³/mol. The first-order chi connectivity index (χ1) is 10.0. The van der Waals surface area contributed by atoms with E-state index >= 15 is 0 Å². The summed E-state index contributed by atoms with van der Waals surface area (Å²) in [6.07, 6.45) is 1.00. The molecule has 114 valence electrons. The van der Waals surface area contributed by atoms with Crippen molar-refractivity contribution in [1.29, 1.82) is 0 Å². The maximum Gasteiger partial charge on any atom is 0.123 e. The largest absolute Gasteiger partial charge is 0.329 e. The number of nitrogens with two attached hydrogens (primary N) is 1. The number of nitrogens with zero attached hydrogens (tertiary/aromatic N) is 1. The zero-order chi connectivity index (χ0) is 15.4. The first kappa shape index (κ1) is 16.1. The smallest absolute Gasteiger partial charge is 0.123 e. The van der Waals surface area contributed by atoms with Crippen LogP contribution in [0.2, 0.25) is 0 Å². The quantitative estimate of drug-likeness (QED) is 0.880. The predicted octanol–water partition coefficient (Wildman–Crippen LogP) is 3.76. The van der Waals surface area contributed by atoms with E-state index in [2.05, 4.69) is 36.4 Å². The minimum atomic E-state index is -0.193. The van der Waals surface area contributed by atoms with Crippen LogP contribution in [-0.2, 0) is 6.42 Å². The fourth-order valence-corrected chi connectivity index (χ4v) is 3.52. The molecular weight excluding hydrogens is 283 g/mol. The number of rotatable bonds is 6. The highest BCUT2D eigenvalue weighted by Crippen LogP contribution is 2.26. The van der Waals surface area contributed by atoms with Crippen LogP contribution in [0.1, 0.15) is 29.0 Å². The Morgan fingerprint density at radius 3 is 2.67 bits per heavy atom. The van der Waals surface area contributed by atoms with E-state index in [4.69, 9.17) is 5.73 Å². The highest BCUT2D eigenvalue weighted by molar-refractivity contribution is 7.09. The highest BCUT2D eigenvalue weighted by Gasteiger charge is 2.22. The van der Waals surface area contributed by atoms with Crippen LogP contribution in [0.25, 0.3) is 0 Å². The van der Waals surface area contributed by atoms with Gasteiger partial charge in [0.25, 0.3) is 0 Å². The van der Waals surface area contributed by atoms with Crippen molar-refractivity contribution in [3.05, 3.63) is 57.5 Å². The topological polar surface area (TPSA) is 29.3 Å². The molecule has 0 radical (unpaired) electrons. The van der Waals surface area contributed by atoms with Crippen LogP contribution in [0.5, 0.6) is 0 Å². The van der Waals surface area contributed by atoms with Crippen molar-refractivity contribution in [3.8, 4) is 0 Å². The van der Waals surface area contributed by atoms with Crippen LogP contribution in [0, 0.1) is 12.7 Å². The molecule has 1 aromatic carbocycles. The van der Waals surface area contributed by atoms with E-state index < -0.39 is 0 Å².